The van der Waals surface area contributed by atoms with Gasteiger partial charge in [0.15, 0.2) is 0 Å². The van der Waals surface area contributed by atoms with Crippen molar-refractivity contribution in [1.29, 1.82) is 0 Å². The van der Waals surface area contributed by atoms with Gasteiger partial charge in [0, 0.05) is 25.0 Å². The molecule has 1 unspecified atom stereocenters. The number of halogens is 2. The van der Waals surface area contributed by atoms with Crippen LogP contribution in [0.3, 0.4) is 0 Å². The molecule has 0 aliphatic rings. The molecule has 1 heterocycles. The van der Waals surface area contributed by atoms with Gasteiger partial charge in [-0.05, 0) is 12.0 Å². The van der Waals surface area contributed by atoms with Crippen molar-refractivity contribution in [2.45, 2.75) is 12.5 Å². The van der Waals surface area contributed by atoms with Crippen LogP contribution in [-0.2, 0) is 6.42 Å². The maximum absolute atomic E-state index is 5.89. The van der Waals surface area contributed by atoms with Gasteiger partial charge in [-0.3, -0.25) is 4.98 Å². The molecule has 1 aromatic rings. The van der Waals surface area contributed by atoms with Crippen molar-refractivity contribution < 1.29 is 0 Å². The molecular formula is C8H11Cl2N3. The third kappa shape index (κ3) is 2.81. The summed E-state index contributed by atoms with van der Waals surface area (Å²) in [7, 11) is 0. The Morgan fingerprint density at radius 1 is 1.31 bits per heavy atom. The SMILES string of the molecule is NCC(N)Cc1c(Cl)cncc1Cl. The Morgan fingerprint density at radius 2 is 1.85 bits per heavy atom. The Morgan fingerprint density at radius 3 is 2.31 bits per heavy atom. The van der Waals surface area contributed by atoms with Crippen molar-refractivity contribution in [3.8, 4) is 0 Å². The van der Waals surface area contributed by atoms with E-state index in [-0.39, 0.29) is 6.04 Å². The second-order valence-electron chi connectivity index (χ2n) is 2.78. The van der Waals surface area contributed by atoms with Crippen LogP contribution in [0.25, 0.3) is 0 Å². The van der Waals surface area contributed by atoms with Gasteiger partial charge in [-0.15, -0.1) is 0 Å². The minimum atomic E-state index is -0.114. The number of aromatic nitrogens is 1. The Labute approximate surface area is 87.0 Å². The van der Waals surface area contributed by atoms with Crippen LogP contribution in [0.4, 0.5) is 0 Å². The first-order chi connectivity index (χ1) is 6.15. The highest BCUT2D eigenvalue weighted by atomic mass is 35.5. The molecule has 1 atom stereocenters. The molecule has 1 aromatic heterocycles. The fourth-order valence-corrected chi connectivity index (χ4v) is 1.50. The van der Waals surface area contributed by atoms with Crippen LogP contribution in [0.1, 0.15) is 5.56 Å². The van der Waals surface area contributed by atoms with E-state index in [9.17, 15) is 0 Å². The molecule has 0 aliphatic heterocycles. The summed E-state index contributed by atoms with van der Waals surface area (Å²) < 4.78 is 0. The fraction of sp³-hybridized carbons (Fsp3) is 0.375. The Bertz CT molecular complexity index is 270. The van der Waals surface area contributed by atoms with Crippen molar-refractivity contribution >= 4 is 23.2 Å². The van der Waals surface area contributed by atoms with Gasteiger partial charge in [-0.2, -0.15) is 0 Å². The van der Waals surface area contributed by atoms with E-state index in [1.54, 1.807) is 12.4 Å². The maximum Gasteiger partial charge on any atom is 0.0636 e. The highest BCUT2D eigenvalue weighted by Gasteiger charge is 2.09. The summed E-state index contributed by atoms with van der Waals surface area (Å²) in [5.74, 6) is 0. The molecule has 0 saturated carbocycles. The summed E-state index contributed by atoms with van der Waals surface area (Å²) in [5, 5.41) is 1.08. The lowest BCUT2D eigenvalue weighted by atomic mass is 10.1. The average molecular weight is 220 g/mol. The molecule has 0 amide bonds. The summed E-state index contributed by atoms with van der Waals surface area (Å²) in [6.45, 7) is 0.412. The van der Waals surface area contributed by atoms with Crippen LogP contribution in [-0.4, -0.2) is 17.6 Å². The normalized spacial score (nSPS) is 12.9. The van der Waals surface area contributed by atoms with Gasteiger partial charge in [-0.1, -0.05) is 23.2 Å². The quantitative estimate of drug-likeness (QED) is 0.804. The zero-order chi connectivity index (χ0) is 9.84. The molecule has 72 valence electrons. The summed E-state index contributed by atoms with van der Waals surface area (Å²) in [4.78, 5) is 3.84. The zero-order valence-corrected chi connectivity index (χ0v) is 8.52. The van der Waals surface area contributed by atoms with Gasteiger partial charge in [0.1, 0.15) is 0 Å². The Balaban J connectivity index is 2.87. The van der Waals surface area contributed by atoms with Crippen molar-refractivity contribution in [3.63, 3.8) is 0 Å². The minimum Gasteiger partial charge on any atom is -0.329 e. The van der Waals surface area contributed by atoms with Crippen molar-refractivity contribution in [1.82, 2.24) is 4.98 Å². The molecule has 1 rings (SSSR count). The molecule has 0 spiro atoms. The molecule has 0 aromatic carbocycles. The summed E-state index contributed by atoms with van der Waals surface area (Å²) in [6, 6.07) is -0.114. The second kappa shape index (κ2) is 4.77. The van der Waals surface area contributed by atoms with Crippen LogP contribution in [0, 0.1) is 0 Å². The number of hydrogen-bond acceptors (Lipinski definition) is 3. The molecule has 5 heteroatoms. The highest BCUT2D eigenvalue weighted by Crippen LogP contribution is 2.23. The summed E-state index contributed by atoms with van der Waals surface area (Å²) in [6.07, 6.45) is 3.68. The zero-order valence-electron chi connectivity index (χ0n) is 7.00. The first-order valence-electron chi connectivity index (χ1n) is 3.88. The monoisotopic (exact) mass is 219 g/mol. The molecule has 4 N–H and O–H groups in total. The van der Waals surface area contributed by atoms with E-state index < -0.39 is 0 Å². The fourth-order valence-electron chi connectivity index (χ4n) is 0.979. The smallest absolute Gasteiger partial charge is 0.0636 e. The van der Waals surface area contributed by atoms with Crippen molar-refractivity contribution in [2.75, 3.05) is 6.54 Å². The van der Waals surface area contributed by atoms with Crippen molar-refractivity contribution in [3.05, 3.63) is 28.0 Å². The lowest BCUT2D eigenvalue weighted by Gasteiger charge is -2.10. The second-order valence-corrected chi connectivity index (χ2v) is 3.60. The number of rotatable bonds is 3. The number of nitrogens with two attached hydrogens (primary N) is 2. The van der Waals surface area contributed by atoms with E-state index in [0.717, 1.165) is 5.56 Å². The molecule has 0 radical (unpaired) electrons. The molecule has 0 aliphatic carbocycles. The minimum absolute atomic E-state index is 0.114. The van der Waals surface area contributed by atoms with E-state index in [4.69, 9.17) is 34.7 Å². The number of pyridine rings is 1. The maximum atomic E-state index is 5.89. The molecule has 0 bridgehead atoms. The molecule has 0 fully saturated rings. The predicted octanol–water partition coefficient (Wildman–Crippen LogP) is 1.22. The molecule has 3 nitrogen and oxygen atoms in total. The average Bonchev–Trinajstić information content (AvgIpc) is 2.11. The third-order valence-electron chi connectivity index (χ3n) is 1.72. The van der Waals surface area contributed by atoms with E-state index in [2.05, 4.69) is 4.98 Å². The Kier molecular flexibility index (Phi) is 3.93. The molecular weight excluding hydrogens is 209 g/mol. The van der Waals surface area contributed by atoms with Crippen molar-refractivity contribution in [2.24, 2.45) is 11.5 Å². The standard InChI is InChI=1S/C8H11Cl2N3/c9-7-3-13-4-8(10)6(7)1-5(12)2-11/h3-5H,1-2,11-12H2. The van der Waals surface area contributed by atoms with Gasteiger partial charge >= 0.3 is 0 Å². The topological polar surface area (TPSA) is 64.9 Å². The first kappa shape index (κ1) is 10.7. The summed E-state index contributed by atoms with van der Waals surface area (Å²) in [5.41, 5.74) is 11.9. The van der Waals surface area contributed by atoms with E-state index in [0.29, 0.717) is 23.0 Å². The van der Waals surface area contributed by atoms with Crippen LogP contribution < -0.4 is 11.5 Å². The van der Waals surface area contributed by atoms with Gasteiger partial charge < -0.3 is 11.5 Å². The molecule has 0 saturated heterocycles. The third-order valence-corrected chi connectivity index (χ3v) is 2.37. The van der Waals surface area contributed by atoms with Gasteiger partial charge in [0.2, 0.25) is 0 Å². The van der Waals surface area contributed by atoms with E-state index in [1.165, 1.54) is 0 Å². The Hall–Kier alpha value is -0.350. The lowest BCUT2D eigenvalue weighted by Crippen LogP contribution is -2.31. The van der Waals surface area contributed by atoms with E-state index >= 15 is 0 Å². The van der Waals surface area contributed by atoms with Crippen LogP contribution in [0.2, 0.25) is 10.0 Å². The number of nitrogens with zero attached hydrogens (tertiary/aromatic N) is 1. The highest BCUT2D eigenvalue weighted by molar-refractivity contribution is 6.35. The van der Waals surface area contributed by atoms with Crippen LogP contribution in [0.5, 0.6) is 0 Å². The van der Waals surface area contributed by atoms with Gasteiger partial charge in [-0.25, -0.2) is 0 Å². The number of hydrogen-bond donors (Lipinski definition) is 2. The van der Waals surface area contributed by atoms with Crippen LogP contribution >= 0.6 is 23.2 Å². The van der Waals surface area contributed by atoms with Gasteiger partial charge in [0.05, 0.1) is 10.0 Å². The predicted molar refractivity (Wildman–Crippen MR) is 55.0 cm³/mol. The molecule has 13 heavy (non-hydrogen) atoms. The van der Waals surface area contributed by atoms with E-state index in [1.807, 2.05) is 0 Å². The van der Waals surface area contributed by atoms with Gasteiger partial charge in [0.25, 0.3) is 0 Å². The largest absolute Gasteiger partial charge is 0.329 e. The van der Waals surface area contributed by atoms with Crippen LogP contribution in [0.15, 0.2) is 12.4 Å². The lowest BCUT2D eigenvalue weighted by molar-refractivity contribution is 0.678. The summed E-state index contributed by atoms with van der Waals surface area (Å²) >= 11 is 11.8. The first-order valence-corrected chi connectivity index (χ1v) is 4.64.